The summed E-state index contributed by atoms with van der Waals surface area (Å²) in [5.41, 5.74) is 10.9. The fourth-order valence-electron chi connectivity index (χ4n) is 5.45. The van der Waals surface area contributed by atoms with Gasteiger partial charge in [-0.05, 0) is 69.2 Å². The normalized spacial score (nSPS) is 11.7. The number of nitrogen functional groups attached to an aromatic ring is 1. The number of carboxylic acid groups (broad SMARTS) is 1. The summed E-state index contributed by atoms with van der Waals surface area (Å²) in [7, 11) is 6.33. The zero-order chi connectivity index (χ0) is 39.7. The van der Waals surface area contributed by atoms with Crippen molar-refractivity contribution in [3.05, 3.63) is 96.7 Å². The van der Waals surface area contributed by atoms with Crippen molar-refractivity contribution in [2.45, 2.75) is 60.2 Å². The molecule has 0 amide bonds. The number of aryl methyl sites for hydroxylation is 2. The number of aromatic nitrogens is 4. The number of carbonyl (C=O) groups excluding carboxylic acids is 1. The highest BCUT2D eigenvalue weighted by Gasteiger charge is 2.22. The first-order chi connectivity index (χ1) is 25.7. The number of nitrogens with two attached hydrogens (primary N) is 1. The summed E-state index contributed by atoms with van der Waals surface area (Å²) in [6, 6.07) is 10.5. The van der Waals surface area contributed by atoms with Gasteiger partial charge >= 0.3 is 5.97 Å². The van der Waals surface area contributed by atoms with Crippen LogP contribution >= 0.6 is 45.9 Å². The fraction of sp³-hybridized carbons (Fsp3) is 0.333. The molecule has 0 bridgehead atoms. The zero-order valence-corrected chi connectivity index (χ0v) is 34.2. The topological polar surface area (TPSA) is 169 Å². The summed E-state index contributed by atoms with van der Waals surface area (Å²) in [6.45, 7) is 7.58. The molecule has 294 valence electrons. The molecule has 0 saturated heterocycles. The molecule has 0 aliphatic carbocycles. The largest absolute Gasteiger partial charge is 0.495 e. The number of ether oxygens (including phenoxy) is 4. The van der Waals surface area contributed by atoms with E-state index in [9.17, 15) is 9.59 Å². The van der Waals surface area contributed by atoms with E-state index in [0.29, 0.717) is 44.7 Å². The van der Waals surface area contributed by atoms with Crippen LogP contribution < -0.4 is 15.2 Å². The molecule has 2 atom stereocenters. The first-order valence-electron chi connectivity index (χ1n) is 16.4. The molecule has 16 heteroatoms. The number of carboxylic acids is 1. The van der Waals surface area contributed by atoms with Crippen molar-refractivity contribution >= 4 is 84.0 Å². The van der Waals surface area contributed by atoms with Crippen molar-refractivity contribution < 1.29 is 33.6 Å². The summed E-state index contributed by atoms with van der Waals surface area (Å²) in [4.78, 5) is 43.0. The lowest BCUT2D eigenvalue weighted by atomic mass is 9.97. The molecule has 55 heavy (non-hydrogen) atoms. The molecule has 2 unspecified atom stereocenters. The molecule has 6 aromatic rings. The Morgan fingerprint density at radius 1 is 0.782 bits per heavy atom. The number of nitrogens with zero attached hydrogens (tertiary/aromatic N) is 4. The number of halogens is 2. The molecule has 2 aromatic carbocycles. The van der Waals surface area contributed by atoms with E-state index in [0.717, 1.165) is 41.9 Å². The number of rotatable bonds is 11. The Balaban J connectivity index is 0.000000247. The minimum atomic E-state index is -1.01. The monoisotopic (exact) mass is 829 g/mol. The summed E-state index contributed by atoms with van der Waals surface area (Å²) in [5, 5.41) is 12.0. The van der Waals surface area contributed by atoms with Crippen LogP contribution in [0.5, 0.6) is 11.5 Å². The zero-order valence-electron chi connectivity index (χ0n) is 31.0. The number of methoxy groups -OCH3 is 4. The third-order valence-corrected chi connectivity index (χ3v) is 10.5. The van der Waals surface area contributed by atoms with E-state index in [2.05, 4.69) is 19.9 Å². The lowest BCUT2D eigenvalue weighted by Gasteiger charge is -2.15. The molecule has 6 rings (SSSR count). The number of carbonyl (C=O) groups is 2. The molecule has 4 aromatic heterocycles. The molecule has 0 radical (unpaired) electrons. The molecule has 0 fully saturated rings. The highest BCUT2D eigenvalue weighted by Crippen LogP contribution is 2.33. The second-order valence-electron chi connectivity index (χ2n) is 11.9. The van der Waals surface area contributed by atoms with Crippen molar-refractivity contribution in [1.29, 1.82) is 0 Å². The van der Waals surface area contributed by atoms with Crippen LogP contribution in [0, 0.1) is 13.8 Å². The first kappa shape index (κ1) is 45.0. The highest BCUT2D eigenvalue weighted by atomic mass is 35.5. The number of Topliss-reactive ketones (excluding diaryl/α,β-unsaturated/α-hetero) is 1. The molecule has 0 aliphatic rings. The lowest BCUT2D eigenvalue weighted by molar-refractivity contribution is -0.117. The van der Waals surface area contributed by atoms with E-state index in [1.54, 1.807) is 83.2 Å². The summed E-state index contributed by atoms with van der Waals surface area (Å²) < 4.78 is 20.8. The van der Waals surface area contributed by atoms with Crippen LogP contribution in [0.4, 0.5) is 5.69 Å². The van der Waals surface area contributed by atoms with Gasteiger partial charge in [0.05, 0.1) is 52.1 Å². The van der Waals surface area contributed by atoms with E-state index in [1.807, 2.05) is 26.8 Å². The smallest absolute Gasteiger partial charge is 0.337 e. The molecule has 4 heterocycles. The highest BCUT2D eigenvalue weighted by molar-refractivity contribution is 7.18. The fourth-order valence-corrected chi connectivity index (χ4v) is 7.55. The van der Waals surface area contributed by atoms with Crippen LogP contribution in [0.3, 0.4) is 0 Å². The molecule has 0 spiro atoms. The molecular weight excluding hydrogens is 785 g/mol. The molecule has 0 aliphatic heterocycles. The minimum Gasteiger partial charge on any atom is -0.495 e. The Hall–Kier alpha value is -4.44. The van der Waals surface area contributed by atoms with Crippen LogP contribution in [0.1, 0.15) is 76.1 Å². The van der Waals surface area contributed by atoms with E-state index in [4.69, 9.17) is 53.0 Å². The molecule has 3 N–H and O–H groups in total. The van der Waals surface area contributed by atoms with Crippen LogP contribution in [0.25, 0.3) is 20.7 Å². The van der Waals surface area contributed by atoms with Gasteiger partial charge in [0.1, 0.15) is 38.0 Å². The van der Waals surface area contributed by atoms with Crippen molar-refractivity contribution in [2.75, 3.05) is 34.2 Å². The van der Waals surface area contributed by atoms with E-state index < -0.39 is 5.97 Å². The quantitative estimate of drug-likeness (QED) is 0.119. The number of aromatic carboxylic acids is 1. The van der Waals surface area contributed by atoms with Gasteiger partial charge in [0.15, 0.2) is 0 Å². The van der Waals surface area contributed by atoms with Crippen molar-refractivity contribution in [3.63, 3.8) is 0 Å². The third-order valence-electron chi connectivity index (χ3n) is 8.16. The van der Waals surface area contributed by atoms with Gasteiger partial charge in [-0.15, -0.1) is 0 Å². The maximum Gasteiger partial charge on any atom is 0.337 e. The predicted molar refractivity (Wildman–Crippen MR) is 222 cm³/mol. The second-order valence-corrected chi connectivity index (χ2v) is 15.0. The van der Waals surface area contributed by atoms with Crippen molar-refractivity contribution in [2.24, 2.45) is 0 Å². The number of thiazole rings is 2. The van der Waals surface area contributed by atoms with Gasteiger partial charge in [-0.2, -0.15) is 0 Å². The second kappa shape index (κ2) is 20.5. The summed E-state index contributed by atoms with van der Waals surface area (Å²) in [6.07, 6.45) is 3.20. The van der Waals surface area contributed by atoms with Gasteiger partial charge in [-0.25, -0.2) is 24.7 Å². The van der Waals surface area contributed by atoms with Gasteiger partial charge in [0.25, 0.3) is 0 Å². The van der Waals surface area contributed by atoms with Gasteiger partial charge < -0.3 is 29.8 Å². The third kappa shape index (κ3) is 11.3. The van der Waals surface area contributed by atoms with E-state index >= 15 is 0 Å². The number of ketones is 1. The van der Waals surface area contributed by atoms with Gasteiger partial charge in [-0.1, -0.05) is 59.4 Å². The van der Waals surface area contributed by atoms with Crippen LogP contribution in [0.2, 0.25) is 10.0 Å². The average molecular weight is 831 g/mol. The number of benzene rings is 2. The van der Waals surface area contributed by atoms with Crippen LogP contribution in [-0.2, 0) is 27.1 Å². The van der Waals surface area contributed by atoms with Crippen molar-refractivity contribution in [1.82, 2.24) is 19.9 Å². The Bertz CT molecular complexity index is 2260. The van der Waals surface area contributed by atoms with Crippen molar-refractivity contribution in [3.8, 4) is 11.5 Å². The Morgan fingerprint density at radius 3 is 1.80 bits per heavy atom. The Morgan fingerprint density at radius 2 is 1.29 bits per heavy atom. The van der Waals surface area contributed by atoms with Gasteiger partial charge in [-0.3, -0.25) is 4.79 Å². The number of hydrogen-bond acceptors (Lipinski definition) is 13. The number of anilines is 1. The molecule has 12 nitrogen and oxygen atoms in total. The Kier molecular flexibility index (Phi) is 16.7. The van der Waals surface area contributed by atoms with Crippen LogP contribution in [0.15, 0.2) is 48.8 Å². The minimum absolute atomic E-state index is 0. The lowest BCUT2D eigenvalue weighted by Crippen LogP contribution is -2.11. The SMILES string of the molecule is C.COC(C)c1c(C(=O)O)cnc2sc(C)nc12.COc1ccc(CC(=O)Cc2cnc3sc(C)nc3c2C(C)OC)cc1Cl.COc1ccc(N)cc1Cl. The average Bonchev–Trinajstić information content (AvgIpc) is 3.71. The van der Waals surface area contributed by atoms with Crippen LogP contribution in [-0.4, -0.2) is 65.2 Å². The first-order valence-corrected chi connectivity index (χ1v) is 18.8. The van der Waals surface area contributed by atoms with E-state index in [1.165, 1.54) is 17.5 Å². The van der Waals surface area contributed by atoms with E-state index in [-0.39, 0.29) is 37.4 Å². The van der Waals surface area contributed by atoms with Gasteiger partial charge in [0, 0.05) is 56.3 Å². The summed E-state index contributed by atoms with van der Waals surface area (Å²) >= 11 is 14.9. The van der Waals surface area contributed by atoms with Gasteiger partial charge in [0.2, 0.25) is 0 Å². The maximum atomic E-state index is 12.7. The number of fused-ring (bicyclic) bond motifs is 2. The Labute approximate surface area is 338 Å². The standard InChI is InChI=1S/C20H21ClN2O3S.C11H12N2O3S.C7H8ClNO.CH4/c1-11(25-3)18-14(10-22-20-19(18)23-12(2)27-20)9-15(24)7-13-5-6-17(26-4)16(21)8-13;1-5(16-3)8-7(11(14)15)4-12-10-9(8)13-6(2)17-10;1-10-7-3-2-5(9)4-6(7)8;/h5-6,8,10-11H,7,9H2,1-4H3;4-5H,1-3H3,(H,14,15);2-4H,9H2,1H3;1H4. The number of pyridine rings is 2. The molecule has 0 saturated carbocycles. The predicted octanol–water partition coefficient (Wildman–Crippen LogP) is 9.70. The summed E-state index contributed by atoms with van der Waals surface area (Å²) in [5.74, 6) is 0.311. The maximum absolute atomic E-state index is 12.7. The number of hydrogen-bond donors (Lipinski definition) is 2. The molecular formula is C39H45Cl2N5O7S2.